The predicted octanol–water partition coefficient (Wildman–Crippen LogP) is 3.02. The van der Waals surface area contributed by atoms with Crippen LogP contribution in [0.15, 0.2) is 9.41 Å². The zero-order valence-corrected chi connectivity index (χ0v) is 14.1. The van der Waals surface area contributed by atoms with E-state index in [-0.39, 0.29) is 0 Å². The molecule has 1 spiro atoms. The van der Waals surface area contributed by atoms with Gasteiger partial charge in [0, 0.05) is 19.6 Å². The molecule has 1 saturated carbocycles. The second-order valence-electron chi connectivity index (χ2n) is 6.80. The summed E-state index contributed by atoms with van der Waals surface area (Å²) in [6, 6.07) is 0. The summed E-state index contributed by atoms with van der Waals surface area (Å²) in [5.74, 6) is 2.61. The number of rotatable bonds is 3. The number of guanidine groups is 1. The Balaban J connectivity index is 1.68. The maximum Gasteiger partial charge on any atom is 0.216 e. The van der Waals surface area contributed by atoms with Crippen LogP contribution in [0.2, 0.25) is 0 Å². The summed E-state index contributed by atoms with van der Waals surface area (Å²) >= 11 is 0. The predicted molar refractivity (Wildman–Crippen MR) is 87.9 cm³/mol. The van der Waals surface area contributed by atoms with Crippen molar-refractivity contribution in [1.29, 1.82) is 0 Å². The average Bonchev–Trinajstić information content (AvgIpc) is 3.20. The SMILES string of the molecule is CCNC(=NCc1nc(C)c(C)o1)N1CCC2(CCCC2)C1. The van der Waals surface area contributed by atoms with Gasteiger partial charge in [-0.25, -0.2) is 9.98 Å². The average molecular weight is 304 g/mol. The first-order valence-electron chi connectivity index (χ1n) is 8.58. The van der Waals surface area contributed by atoms with Gasteiger partial charge in [0.25, 0.3) is 0 Å². The highest BCUT2D eigenvalue weighted by Gasteiger charge is 2.41. The van der Waals surface area contributed by atoms with Gasteiger partial charge in [-0.05, 0) is 45.4 Å². The fourth-order valence-corrected chi connectivity index (χ4v) is 3.82. The van der Waals surface area contributed by atoms with Gasteiger partial charge in [0.2, 0.25) is 5.89 Å². The number of aryl methyl sites for hydroxylation is 2. The Morgan fingerprint density at radius 1 is 1.32 bits per heavy atom. The van der Waals surface area contributed by atoms with Crippen molar-refractivity contribution in [2.45, 2.75) is 59.4 Å². The van der Waals surface area contributed by atoms with E-state index in [9.17, 15) is 0 Å². The van der Waals surface area contributed by atoms with E-state index in [1.54, 1.807) is 0 Å². The maximum absolute atomic E-state index is 5.63. The van der Waals surface area contributed by atoms with Crippen LogP contribution in [0.25, 0.3) is 0 Å². The summed E-state index contributed by atoms with van der Waals surface area (Å²) in [4.78, 5) is 11.6. The molecule has 1 saturated heterocycles. The number of aliphatic imine (C=N–C) groups is 1. The van der Waals surface area contributed by atoms with E-state index >= 15 is 0 Å². The van der Waals surface area contributed by atoms with Gasteiger partial charge in [0.15, 0.2) is 5.96 Å². The zero-order chi connectivity index (χ0) is 15.6. The van der Waals surface area contributed by atoms with Crippen LogP contribution in [0.4, 0.5) is 0 Å². The molecule has 1 N–H and O–H groups in total. The van der Waals surface area contributed by atoms with Gasteiger partial charge in [-0.2, -0.15) is 0 Å². The minimum Gasteiger partial charge on any atom is -0.444 e. The van der Waals surface area contributed by atoms with Crippen LogP contribution in [0.1, 0.15) is 56.4 Å². The molecule has 0 aromatic carbocycles. The van der Waals surface area contributed by atoms with Crippen molar-refractivity contribution in [1.82, 2.24) is 15.2 Å². The van der Waals surface area contributed by atoms with Crippen molar-refractivity contribution in [3.63, 3.8) is 0 Å². The Hall–Kier alpha value is -1.52. The summed E-state index contributed by atoms with van der Waals surface area (Å²) in [5.41, 5.74) is 1.52. The molecular formula is C17H28N4O. The quantitative estimate of drug-likeness (QED) is 0.689. The van der Waals surface area contributed by atoms with E-state index in [4.69, 9.17) is 9.41 Å². The van der Waals surface area contributed by atoms with Crippen LogP contribution < -0.4 is 5.32 Å². The number of hydrogen-bond acceptors (Lipinski definition) is 3. The van der Waals surface area contributed by atoms with Gasteiger partial charge >= 0.3 is 0 Å². The van der Waals surface area contributed by atoms with Crippen LogP contribution in [-0.2, 0) is 6.54 Å². The Morgan fingerprint density at radius 2 is 2.09 bits per heavy atom. The Labute approximate surface area is 133 Å². The Kier molecular flexibility index (Phi) is 4.41. The molecule has 0 bridgehead atoms. The first-order valence-corrected chi connectivity index (χ1v) is 8.58. The minimum atomic E-state index is 0.514. The van der Waals surface area contributed by atoms with Crippen molar-refractivity contribution < 1.29 is 4.42 Å². The molecule has 5 heteroatoms. The third-order valence-corrected chi connectivity index (χ3v) is 5.17. The molecule has 2 aliphatic rings. The molecule has 22 heavy (non-hydrogen) atoms. The summed E-state index contributed by atoms with van der Waals surface area (Å²) < 4.78 is 5.63. The van der Waals surface area contributed by atoms with Crippen molar-refractivity contribution in [2.24, 2.45) is 10.4 Å². The molecule has 0 radical (unpaired) electrons. The van der Waals surface area contributed by atoms with Gasteiger partial charge < -0.3 is 14.6 Å². The highest BCUT2D eigenvalue weighted by Crippen LogP contribution is 2.45. The number of nitrogens with one attached hydrogen (secondary N) is 1. The molecule has 0 amide bonds. The number of likely N-dealkylation sites (tertiary alicyclic amines) is 1. The molecule has 2 heterocycles. The topological polar surface area (TPSA) is 53.7 Å². The van der Waals surface area contributed by atoms with Crippen molar-refractivity contribution in [3.8, 4) is 0 Å². The molecular weight excluding hydrogens is 276 g/mol. The molecule has 122 valence electrons. The van der Waals surface area contributed by atoms with Crippen LogP contribution in [-0.4, -0.2) is 35.5 Å². The normalized spacial score (nSPS) is 21.0. The van der Waals surface area contributed by atoms with Crippen molar-refractivity contribution in [2.75, 3.05) is 19.6 Å². The molecule has 0 atom stereocenters. The second kappa shape index (κ2) is 6.31. The van der Waals surface area contributed by atoms with E-state index in [1.807, 2.05) is 13.8 Å². The summed E-state index contributed by atoms with van der Waals surface area (Å²) in [6.07, 6.45) is 6.89. The number of hydrogen-bond donors (Lipinski definition) is 1. The Bertz CT molecular complexity index is 523. The van der Waals surface area contributed by atoms with Gasteiger partial charge in [0.05, 0.1) is 5.69 Å². The molecule has 2 fully saturated rings. The van der Waals surface area contributed by atoms with Gasteiger partial charge in [-0.15, -0.1) is 0 Å². The standard InChI is InChI=1S/C17H28N4O/c1-4-18-16(19-11-15-20-13(2)14(3)22-15)21-10-9-17(12-21)7-5-6-8-17/h4-12H2,1-3H3,(H,18,19). The van der Waals surface area contributed by atoms with E-state index < -0.39 is 0 Å². The second-order valence-corrected chi connectivity index (χ2v) is 6.80. The third-order valence-electron chi connectivity index (χ3n) is 5.17. The van der Waals surface area contributed by atoms with Crippen molar-refractivity contribution >= 4 is 5.96 Å². The third kappa shape index (κ3) is 3.13. The highest BCUT2D eigenvalue weighted by atomic mass is 16.4. The number of nitrogens with zero attached hydrogens (tertiary/aromatic N) is 3. The fraction of sp³-hybridized carbons (Fsp3) is 0.765. The van der Waals surface area contributed by atoms with Crippen molar-refractivity contribution in [3.05, 3.63) is 17.3 Å². The molecule has 1 aliphatic carbocycles. The molecule has 1 aromatic heterocycles. The van der Waals surface area contributed by atoms with E-state index in [2.05, 4.69) is 22.1 Å². The van der Waals surface area contributed by atoms with E-state index in [1.165, 1.54) is 32.1 Å². The Morgan fingerprint density at radius 3 is 2.73 bits per heavy atom. The minimum absolute atomic E-state index is 0.514. The first-order chi connectivity index (χ1) is 10.6. The molecule has 1 aromatic rings. The lowest BCUT2D eigenvalue weighted by molar-refractivity contribution is 0.309. The lowest BCUT2D eigenvalue weighted by Crippen LogP contribution is -2.41. The lowest BCUT2D eigenvalue weighted by Gasteiger charge is -2.25. The lowest BCUT2D eigenvalue weighted by atomic mass is 9.86. The van der Waals surface area contributed by atoms with Crippen LogP contribution in [0.3, 0.4) is 0 Å². The molecule has 0 unspecified atom stereocenters. The first kappa shape index (κ1) is 15.4. The monoisotopic (exact) mass is 304 g/mol. The highest BCUT2D eigenvalue weighted by molar-refractivity contribution is 5.80. The summed E-state index contributed by atoms with van der Waals surface area (Å²) in [5, 5.41) is 3.43. The molecule has 5 nitrogen and oxygen atoms in total. The summed E-state index contributed by atoms with van der Waals surface area (Å²) in [7, 11) is 0. The van der Waals surface area contributed by atoms with Gasteiger partial charge in [-0.3, -0.25) is 0 Å². The number of aromatic nitrogens is 1. The largest absolute Gasteiger partial charge is 0.444 e. The van der Waals surface area contributed by atoms with Gasteiger partial charge in [0.1, 0.15) is 12.3 Å². The molecule has 3 rings (SSSR count). The van der Waals surface area contributed by atoms with E-state index in [0.29, 0.717) is 17.9 Å². The maximum atomic E-state index is 5.63. The summed E-state index contributed by atoms with van der Waals surface area (Å²) in [6.45, 7) is 9.73. The van der Waals surface area contributed by atoms with Gasteiger partial charge in [-0.1, -0.05) is 12.8 Å². The van der Waals surface area contributed by atoms with Crippen LogP contribution in [0, 0.1) is 19.3 Å². The zero-order valence-electron chi connectivity index (χ0n) is 14.1. The van der Waals surface area contributed by atoms with Crippen LogP contribution >= 0.6 is 0 Å². The number of oxazole rings is 1. The smallest absolute Gasteiger partial charge is 0.216 e. The fourth-order valence-electron chi connectivity index (χ4n) is 3.82. The van der Waals surface area contributed by atoms with E-state index in [0.717, 1.165) is 37.0 Å². The molecule has 1 aliphatic heterocycles. The van der Waals surface area contributed by atoms with Crippen LogP contribution in [0.5, 0.6) is 0 Å².